The smallest absolute Gasteiger partial charge is 0.0503 e. The van der Waals surface area contributed by atoms with Crippen LogP contribution in [-0.2, 0) is 4.74 Å². The second-order valence-corrected chi connectivity index (χ2v) is 5.91. The van der Waals surface area contributed by atoms with Gasteiger partial charge in [-0.25, -0.2) is 0 Å². The quantitative estimate of drug-likeness (QED) is 0.783. The third kappa shape index (κ3) is 3.19. The van der Waals surface area contributed by atoms with Crippen LogP contribution in [0.4, 0.5) is 0 Å². The lowest BCUT2D eigenvalue weighted by atomic mass is 9.80. The van der Waals surface area contributed by atoms with Crippen LogP contribution in [0.2, 0.25) is 0 Å². The summed E-state index contributed by atoms with van der Waals surface area (Å²) < 4.78 is 5.25. The molecule has 16 heavy (non-hydrogen) atoms. The van der Waals surface area contributed by atoms with Crippen LogP contribution in [0.3, 0.4) is 0 Å². The Balaban J connectivity index is 1.77. The van der Waals surface area contributed by atoms with Crippen LogP contribution in [0, 0.1) is 11.3 Å². The Bertz CT molecular complexity index is 214. The third-order valence-corrected chi connectivity index (χ3v) is 4.19. The number of nitrogens with one attached hydrogen (secondary N) is 1. The van der Waals surface area contributed by atoms with Crippen LogP contribution in [-0.4, -0.2) is 51.3 Å². The van der Waals surface area contributed by atoms with E-state index in [0.29, 0.717) is 5.41 Å². The van der Waals surface area contributed by atoms with E-state index in [4.69, 9.17) is 4.74 Å². The summed E-state index contributed by atoms with van der Waals surface area (Å²) in [7, 11) is 1.82. The van der Waals surface area contributed by atoms with Crippen molar-refractivity contribution in [3.05, 3.63) is 0 Å². The molecular formula is C13H26N2O. The first-order valence-electron chi connectivity index (χ1n) is 6.64. The molecule has 0 aromatic heterocycles. The highest BCUT2D eigenvalue weighted by Gasteiger charge is 2.32. The van der Waals surface area contributed by atoms with Crippen molar-refractivity contribution in [2.75, 3.05) is 46.4 Å². The fraction of sp³-hybridized carbons (Fsp3) is 1.00. The fourth-order valence-electron chi connectivity index (χ4n) is 3.16. The lowest BCUT2D eigenvalue weighted by molar-refractivity contribution is 0.127. The lowest BCUT2D eigenvalue weighted by Gasteiger charge is -2.37. The first-order chi connectivity index (χ1) is 7.72. The number of hydrogen-bond donors (Lipinski definition) is 1. The van der Waals surface area contributed by atoms with Gasteiger partial charge in [-0.15, -0.1) is 0 Å². The van der Waals surface area contributed by atoms with Crippen molar-refractivity contribution in [2.45, 2.75) is 26.2 Å². The summed E-state index contributed by atoms with van der Waals surface area (Å²) in [6.07, 6.45) is 3.99. The van der Waals surface area contributed by atoms with Crippen molar-refractivity contribution in [3.63, 3.8) is 0 Å². The molecule has 2 rings (SSSR count). The number of rotatable bonds is 4. The molecule has 2 fully saturated rings. The van der Waals surface area contributed by atoms with E-state index in [1.807, 2.05) is 7.11 Å². The highest BCUT2D eigenvalue weighted by atomic mass is 16.5. The van der Waals surface area contributed by atoms with Crippen molar-refractivity contribution in [1.29, 1.82) is 0 Å². The monoisotopic (exact) mass is 226 g/mol. The van der Waals surface area contributed by atoms with Crippen molar-refractivity contribution >= 4 is 0 Å². The van der Waals surface area contributed by atoms with Crippen molar-refractivity contribution < 1.29 is 4.74 Å². The predicted octanol–water partition coefficient (Wildman–Crippen LogP) is 1.34. The Morgan fingerprint density at radius 2 is 2.12 bits per heavy atom. The molecule has 0 radical (unpaired) electrons. The van der Waals surface area contributed by atoms with E-state index in [0.717, 1.165) is 12.5 Å². The van der Waals surface area contributed by atoms with Crippen LogP contribution in [0.25, 0.3) is 0 Å². The Hall–Kier alpha value is -0.120. The number of likely N-dealkylation sites (tertiary alicyclic amines) is 1. The van der Waals surface area contributed by atoms with E-state index in [1.165, 1.54) is 52.0 Å². The maximum absolute atomic E-state index is 5.25. The van der Waals surface area contributed by atoms with Gasteiger partial charge in [0.2, 0.25) is 0 Å². The average Bonchev–Trinajstić information content (AvgIpc) is 2.66. The molecule has 0 aliphatic carbocycles. The maximum Gasteiger partial charge on any atom is 0.0503 e. The Kier molecular flexibility index (Phi) is 4.22. The minimum atomic E-state index is 0.549. The summed E-state index contributed by atoms with van der Waals surface area (Å²) >= 11 is 0. The number of methoxy groups -OCH3 is 1. The minimum absolute atomic E-state index is 0.549. The molecule has 2 aliphatic heterocycles. The van der Waals surface area contributed by atoms with Gasteiger partial charge in [-0.05, 0) is 50.2 Å². The standard InChI is InChI=1S/C13H26N2O/c1-13(4-6-14-7-5-13)11-15-8-3-12(9-15)10-16-2/h12,14H,3-11H2,1-2H3. The summed E-state index contributed by atoms with van der Waals surface area (Å²) in [5, 5.41) is 3.46. The second-order valence-electron chi connectivity index (χ2n) is 5.91. The molecule has 3 nitrogen and oxygen atoms in total. The van der Waals surface area contributed by atoms with Crippen molar-refractivity contribution in [1.82, 2.24) is 10.2 Å². The van der Waals surface area contributed by atoms with Gasteiger partial charge in [0.05, 0.1) is 6.61 Å². The highest BCUT2D eigenvalue weighted by molar-refractivity contribution is 4.86. The fourth-order valence-corrected chi connectivity index (χ4v) is 3.16. The van der Waals surface area contributed by atoms with Gasteiger partial charge in [-0.3, -0.25) is 0 Å². The summed E-state index contributed by atoms with van der Waals surface area (Å²) in [5.41, 5.74) is 0.549. The van der Waals surface area contributed by atoms with Gasteiger partial charge in [0.25, 0.3) is 0 Å². The van der Waals surface area contributed by atoms with Crippen molar-refractivity contribution in [3.8, 4) is 0 Å². The van der Waals surface area contributed by atoms with Crippen LogP contribution in [0.1, 0.15) is 26.2 Å². The summed E-state index contributed by atoms with van der Waals surface area (Å²) in [5.74, 6) is 0.773. The van der Waals surface area contributed by atoms with Gasteiger partial charge >= 0.3 is 0 Å². The first kappa shape index (κ1) is 12.3. The third-order valence-electron chi connectivity index (χ3n) is 4.19. The van der Waals surface area contributed by atoms with E-state index in [2.05, 4.69) is 17.1 Å². The second kappa shape index (κ2) is 5.48. The largest absolute Gasteiger partial charge is 0.384 e. The molecule has 1 unspecified atom stereocenters. The topological polar surface area (TPSA) is 24.5 Å². The zero-order valence-corrected chi connectivity index (χ0v) is 10.8. The molecule has 3 heteroatoms. The average molecular weight is 226 g/mol. The van der Waals surface area contributed by atoms with Gasteiger partial charge in [0, 0.05) is 20.2 Å². The van der Waals surface area contributed by atoms with E-state index in [-0.39, 0.29) is 0 Å². The molecule has 2 heterocycles. The SMILES string of the molecule is COCC1CCN(CC2(C)CCNCC2)C1. The van der Waals surface area contributed by atoms with Crippen LogP contribution < -0.4 is 5.32 Å². The van der Waals surface area contributed by atoms with Gasteiger partial charge in [-0.1, -0.05) is 6.92 Å². The van der Waals surface area contributed by atoms with Gasteiger partial charge in [0.15, 0.2) is 0 Å². The molecule has 1 N–H and O–H groups in total. The van der Waals surface area contributed by atoms with E-state index < -0.39 is 0 Å². The molecular weight excluding hydrogens is 200 g/mol. The van der Waals surface area contributed by atoms with Gasteiger partial charge < -0.3 is 15.0 Å². The Morgan fingerprint density at radius 3 is 2.81 bits per heavy atom. The van der Waals surface area contributed by atoms with Crippen LogP contribution in [0.5, 0.6) is 0 Å². The summed E-state index contributed by atoms with van der Waals surface area (Å²) in [6.45, 7) is 9.60. The van der Waals surface area contributed by atoms with E-state index in [1.54, 1.807) is 0 Å². The van der Waals surface area contributed by atoms with Crippen LogP contribution >= 0.6 is 0 Å². The molecule has 2 saturated heterocycles. The molecule has 0 aromatic rings. The highest BCUT2D eigenvalue weighted by Crippen LogP contribution is 2.31. The number of hydrogen-bond acceptors (Lipinski definition) is 3. The lowest BCUT2D eigenvalue weighted by Crippen LogP contribution is -2.42. The summed E-state index contributed by atoms with van der Waals surface area (Å²) in [4.78, 5) is 2.65. The molecule has 0 aromatic carbocycles. The first-order valence-corrected chi connectivity index (χ1v) is 6.64. The van der Waals surface area contributed by atoms with E-state index >= 15 is 0 Å². The molecule has 0 saturated carbocycles. The zero-order chi connectivity index (χ0) is 11.4. The minimum Gasteiger partial charge on any atom is -0.384 e. The predicted molar refractivity (Wildman–Crippen MR) is 66.6 cm³/mol. The molecule has 0 spiro atoms. The van der Waals surface area contributed by atoms with Gasteiger partial charge in [0.1, 0.15) is 0 Å². The number of ether oxygens (including phenoxy) is 1. The Morgan fingerprint density at radius 1 is 1.38 bits per heavy atom. The van der Waals surface area contributed by atoms with Gasteiger partial charge in [-0.2, -0.15) is 0 Å². The molecule has 2 aliphatic rings. The normalized spacial score (nSPS) is 30.8. The van der Waals surface area contributed by atoms with Crippen molar-refractivity contribution in [2.24, 2.45) is 11.3 Å². The molecule has 0 bridgehead atoms. The molecule has 0 amide bonds. The van der Waals surface area contributed by atoms with E-state index in [9.17, 15) is 0 Å². The molecule has 94 valence electrons. The molecule has 1 atom stereocenters. The zero-order valence-electron chi connectivity index (χ0n) is 10.8. The number of piperidine rings is 1. The maximum atomic E-state index is 5.25. The Labute approximate surface area is 99.5 Å². The van der Waals surface area contributed by atoms with Crippen LogP contribution in [0.15, 0.2) is 0 Å². The number of nitrogens with zero attached hydrogens (tertiary/aromatic N) is 1. The summed E-state index contributed by atoms with van der Waals surface area (Å²) in [6, 6.07) is 0.